The van der Waals surface area contributed by atoms with Gasteiger partial charge in [-0.1, -0.05) is 0 Å². The quantitative estimate of drug-likeness (QED) is 0.318. The molecule has 1 heterocycles. The molecule has 0 N–H and O–H groups in total. The molecule has 5 heavy (non-hydrogen) atoms. The van der Waals surface area contributed by atoms with Gasteiger partial charge in [-0.25, -0.2) is 0 Å². The van der Waals surface area contributed by atoms with Gasteiger partial charge >= 0.3 is 49.0 Å². The van der Waals surface area contributed by atoms with Crippen LogP contribution in [0.2, 0.25) is 3.67 Å². The van der Waals surface area contributed by atoms with E-state index in [9.17, 15) is 0 Å². The van der Waals surface area contributed by atoms with E-state index < -0.39 is 0 Å². The fourth-order valence-corrected chi connectivity index (χ4v) is 0.775. The predicted octanol–water partition coefficient (Wildman–Crippen LogP) is -0.0280. The topological polar surface area (TPSA) is 12.5 Å². The molecule has 1 nitrogen and oxygen atoms in total. The third-order valence-corrected chi connectivity index (χ3v) is 1.77. The second-order valence-corrected chi connectivity index (χ2v) is 2.18. The van der Waals surface area contributed by atoms with Crippen molar-refractivity contribution in [2.45, 2.75) is 9.77 Å². The maximum absolute atomic E-state index is 4.89. The number of hydrogen-bond acceptors (Lipinski definition) is 1. The number of hydrogen-bond donors (Lipinski definition) is 0. The molecule has 0 aromatic rings. The van der Waals surface area contributed by atoms with E-state index in [1.165, 1.54) is 31.6 Å². The molecule has 0 radical (unpaired) electrons. The van der Waals surface area contributed by atoms with Crippen LogP contribution in [0, 0.1) is 0 Å². The molecule has 24 valence electrons. The van der Waals surface area contributed by atoms with Crippen molar-refractivity contribution >= 4 is 27.9 Å². The van der Waals surface area contributed by atoms with Crippen LogP contribution < -0.4 is 0 Å². The summed E-state index contributed by atoms with van der Waals surface area (Å²) in [4.78, 5) is 0. The Hall–Kier alpha value is 0.960. The molecule has 0 saturated carbocycles. The molecule has 1 atom stereocenters. The molecule has 0 aliphatic carbocycles. The molecule has 0 spiro atoms. The van der Waals surface area contributed by atoms with Gasteiger partial charge in [0.25, 0.3) is 0 Å². The monoisotopic (exact) mass is 80.0 g/mol. The molecule has 1 unspecified atom stereocenters. The summed E-state index contributed by atoms with van der Waals surface area (Å²) in [6, 6.07) is 0. The zero-order chi connectivity index (χ0) is 3.70. The van der Waals surface area contributed by atoms with Crippen LogP contribution >= 0.6 is 0 Å². The van der Waals surface area contributed by atoms with Crippen molar-refractivity contribution in [3.8, 4) is 0 Å². The minimum absolute atomic E-state index is 0.696. The molecule has 1 rings (SSSR count). The Morgan fingerprint density at radius 1 is 2.00 bits per heavy atom. The first kappa shape index (κ1) is 4.13. The molecular weight excluding hydrogens is 75.0 g/mol. The van der Waals surface area contributed by atoms with Gasteiger partial charge in [-0.2, -0.15) is 0 Å². The Kier molecular flexibility index (Phi) is 1.33. The molecule has 1 saturated heterocycles. The molecular formula is C3H5NaO. The molecule has 1 aliphatic rings. The molecule has 0 bridgehead atoms. The summed E-state index contributed by atoms with van der Waals surface area (Å²) in [6.07, 6.45) is 0.696. The first-order valence-corrected chi connectivity index (χ1v) is 3.46. The second kappa shape index (κ2) is 1.61. The van der Waals surface area contributed by atoms with Crippen LogP contribution in [-0.4, -0.2) is 40.6 Å². The van der Waals surface area contributed by atoms with Gasteiger partial charge in [0.2, 0.25) is 0 Å². The summed E-state index contributed by atoms with van der Waals surface area (Å²) >= 11 is 1.31. The van der Waals surface area contributed by atoms with Crippen LogP contribution in [0.3, 0.4) is 0 Å². The van der Waals surface area contributed by atoms with E-state index in [2.05, 4.69) is 0 Å². The standard InChI is InChI=1S/C3H5O.Na/c1-3-2-4-3;/h3H,1-2H2;. The van der Waals surface area contributed by atoms with E-state index in [1.54, 1.807) is 0 Å². The minimum atomic E-state index is 0.696. The Labute approximate surface area is 49.1 Å². The van der Waals surface area contributed by atoms with E-state index >= 15 is 0 Å². The summed E-state index contributed by atoms with van der Waals surface area (Å²) in [5.74, 6) is 0. The summed E-state index contributed by atoms with van der Waals surface area (Å²) < 4.78 is 6.23. The van der Waals surface area contributed by atoms with Gasteiger partial charge in [0.1, 0.15) is 0 Å². The summed E-state index contributed by atoms with van der Waals surface area (Å²) in [7, 11) is 0. The van der Waals surface area contributed by atoms with Crippen LogP contribution in [0.5, 0.6) is 0 Å². The number of epoxide rings is 1. The summed E-state index contributed by atoms with van der Waals surface area (Å²) in [5, 5.41) is 0. The summed E-state index contributed by atoms with van der Waals surface area (Å²) in [5.41, 5.74) is 0. The molecule has 0 aromatic heterocycles. The van der Waals surface area contributed by atoms with Crippen LogP contribution in [0.4, 0.5) is 0 Å². The molecule has 1 aliphatic heterocycles. The second-order valence-electron chi connectivity index (χ2n) is 1.36. The summed E-state index contributed by atoms with van der Waals surface area (Å²) in [6.45, 7) is 1.05. The SMILES string of the molecule is [Na][CH2]C1CO1. The molecule has 0 aromatic carbocycles. The third kappa shape index (κ3) is 1.22. The van der Waals surface area contributed by atoms with Crippen LogP contribution in [0.15, 0.2) is 0 Å². The van der Waals surface area contributed by atoms with Crippen molar-refractivity contribution in [3.05, 3.63) is 0 Å². The zero-order valence-electron chi connectivity index (χ0n) is 3.40. The first-order valence-electron chi connectivity index (χ1n) is 2.05. The van der Waals surface area contributed by atoms with Gasteiger partial charge in [-0.15, -0.1) is 0 Å². The van der Waals surface area contributed by atoms with Crippen LogP contribution in [-0.2, 0) is 4.74 Å². The average molecular weight is 80.1 g/mol. The van der Waals surface area contributed by atoms with Gasteiger partial charge in [0.15, 0.2) is 0 Å². The normalized spacial score (nSPS) is 34.4. The average Bonchev–Trinajstić information content (AvgIpc) is 2.12. The van der Waals surface area contributed by atoms with Gasteiger partial charge in [-0.3, -0.25) is 0 Å². The van der Waals surface area contributed by atoms with Gasteiger partial charge in [-0.05, 0) is 0 Å². The van der Waals surface area contributed by atoms with Gasteiger partial charge in [0, 0.05) is 0 Å². The van der Waals surface area contributed by atoms with Crippen molar-refractivity contribution in [1.29, 1.82) is 0 Å². The fraction of sp³-hybridized carbons (Fsp3) is 1.00. The molecule has 2 heteroatoms. The Morgan fingerprint density at radius 3 is 2.60 bits per heavy atom. The fourth-order valence-electron chi connectivity index (χ4n) is 0.304. The van der Waals surface area contributed by atoms with E-state index in [0.29, 0.717) is 6.10 Å². The van der Waals surface area contributed by atoms with Crippen molar-refractivity contribution < 1.29 is 4.74 Å². The Morgan fingerprint density at radius 2 is 2.60 bits per heavy atom. The van der Waals surface area contributed by atoms with Crippen molar-refractivity contribution in [2.75, 3.05) is 6.61 Å². The number of rotatable bonds is 1. The predicted molar refractivity (Wildman–Crippen MR) is 20.3 cm³/mol. The van der Waals surface area contributed by atoms with Crippen molar-refractivity contribution in [1.82, 2.24) is 0 Å². The zero-order valence-corrected chi connectivity index (χ0v) is 5.40. The van der Waals surface area contributed by atoms with Crippen molar-refractivity contribution in [2.24, 2.45) is 0 Å². The Balaban J connectivity index is 2.00. The van der Waals surface area contributed by atoms with Crippen LogP contribution in [0.25, 0.3) is 0 Å². The third-order valence-electron chi connectivity index (χ3n) is 0.858. The number of ether oxygens (including phenoxy) is 1. The van der Waals surface area contributed by atoms with E-state index in [-0.39, 0.29) is 0 Å². The first-order chi connectivity index (χ1) is 2.43. The molecule has 1 fully saturated rings. The van der Waals surface area contributed by atoms with E-state index in [0.717, 1.165) is 6.61 Å². The van der Waals surface area contributed by atoms with E-state index in [4.69, 9.17) is 4.74 Å². The van der Waals surface area contributed by atoms with E-state index in [1.807, 2.05) is 0 Å². The Bertz CT molecular complexity index is 33.9. The van der Waals surface area contributed by atoms with Crippen LogP contribution in [0.1, 0.15) is 0 Å². The van der Waals surface area contributed by atoms with Gasteiger partial charge in [0.05, 0.1) is 0 Å². The molecule has 0 amide bonds. The maximum atomic E-state index is 4.89. The van der Waals surface area contributed by atoms with Gasteiger partial charge < -0.3 is 0 Å². The van der Waals surface area contributed by atoms with Crippen molar-refractivity contribution in [3.63, 3.8) is 0 Å².